The fourth-order valence-electron chi connectivity index (χ4n) is 0.580. The number of carbonyl (C=O) groups excluding carboxylic acids is 1. The van der Waals surface area contributed by atoms with Gasteiger partial charge >= 0.3 is 15.2 Å². The quantitative estimate of drug-likeness (QED) is 0.488. The van der Waals surface area contributed by atoms with Gasteiger partial charge in [-0.15, -0.1) is 0 Å². The first-order valence-corrected chi connectivity index (χ1v) is 6.29. The van der Waals surface area contributed by atoms with Gasteiger partial charge < -0.3 is 19.6 Å². The molecule has 0 aliphatic rings. The summed E-state index contributed by atoms with van der Waals surface area (Å²) in [5, 5.41) is 0. The number of carbonyl (C=O) groups is 1. The molecule has 9 heteroatoms. The van der Waals surface area contributed by atoms with Crippen LogP contribution in [-0.4, -0.2) is 30.3 Å². The van der Waals surface area contributed by atoms with Crippen molar-refractivity contribution in [3.8, 4) is 0 Å². The Morgan fingerprint density at radius 2 is 1.31 bits per heavy atom. The van der Waals surface area contributed by atoms with Gasteiger partial charge in [-0.2, -0.15) is 0 Å². The molecule has 0 aliphatic carbocycles. The first-order chi connectivity index (χ1) is 5.44. The molecule has 0 aromatic carbocycles. The molecule has 13 heavy (non-hydrogen) atoms. The van der Waals surface area contributed by atoms with Crippen molar-refractivity contribution in [1.29, 1.82) is 0 Å². The normalized spacial score (nSPS) is 14.3. The average molecular weight is 232 g/mol. The van der Waals surface area contributed by atoms with Crippen LogP contribution >= 0.6 is 15.2 Å². The van der Waals surface area contributed by atoms with Gasteiger partial charge in [0.25, 0.3) is 0 Å². The number of rotatable bonds is 3. The van der Waals surface area contributed by atoms with Crippen molar-refractivity contribution in [2.75, 3.05) is 0 Å². The lowest BCUT2D eigenvalue weighted by atomic mass is 10.3. The zero-order valence-corrected chi connectivity index (χ0v) is 8.70. The molecule has 4 N–H and O–H groups in total. The highest BCUT2D eigenvalue weighted by Gasteiger charge is 2.60. The molecule has 0 fully saturated rings. The van der Waals surface area contributed by atoms with E-state index < -0.39 is 25.9 Å². The van der Waals surface area contributed by atoms with Crippen LogP contribution in [0.5, 0.6) is 0 Å². The standard InChI is InChI=1S/C4H10O7P2/c1-3(5)4(2,12(6,7)8)13(9,10)11/h1-2H3,(H2,6,7,8)(H2,9,10,11). The Morgan fingerprint density at radius 3 is 1.31 bits per heavy atom. The van der Waals surface area contributed by atoms with Crippen molar-refractivity contribution >= 4 is 21.0 Å². The summed E-state index contributed by atoms with van der Waals surface area (Å²) in [7, 11) is -10.4. The highest BCUT2D eigenvalue weighted by molar-refractivity contribution is 7.74. The molecular weight excluding hydrogens is 222 g/mol. The Balaban J connectivity index is 5.64. The summed E-state index contributed by atoms with van der Waals surface area (Å²) >= 11 is 0. The molecule has 0 unspecified atom stereocenters. The maximum absolute atomic E-state index is 10.8. The zero-order chi connectivity index (χ0) is 11.1. The number of Topliss-reactive ketones (excluding diaryl/α,β-unsaturated/α-hetero) is 1. The van der Waals surface area contributed by atoms with Crippen LogP contribution in [0, 0.1) is 0 Å². The van der Waals surface area contributed by atoms with Gasteiger partial charge in [0, 0.05) is 0 Å². The molecule has 0 rings (SSSR count). The Morgan fingerprint density at radius 1 is 1.08 bits per heavy atom. The first-order valence-electron chi connectivity index (χ1n) is 3.07. The van der Waals surface area contributed by atoms with Crippen LogP contribution in [0.3, 0.4) is 0 Å². The van der Waals surface area contributed by atoms with E-state index in [2.05, 4.69) is 0 Å². The SMILES string of the molecule is CC(=O)C(C)(P(=O)(O)O)P(=O)(O)O. The molecule has 0 saturated heterocycles. The van der Waals surface area contributed by atoms with Gasteiger partial charge in [-0.3, -0.25) is 13.9 Å². The second kappa shape index (κ2) is 3.28. The van der Waals surface area contributed by atoms with Crippen LogP contribution in [0.2, 0.25) is 0 Å². The summed E-state index contributed by atoms with van der Waals surface area (Å²) in [6.45, 7) is 1.27. The summed E-state index contributed by atoms with van der Waals surface area (Å²) in [6.07, 6.45) is 0. The second-order valence-electron chi connectivity index (χ2n) is 2.67. The smallest absolute Gasteiger partial charge is 0.323 e. The van der Waals surface area contributed by atoms with Gasteiger partial charge in [0.05, 0.1) is 0 Å². The molecule has 0 aliphatic heterocycles. The van der Waals surface area contributed by atoms with Crippen LogP contribution in [-0.2, 0) is 13.9 Å². The molecule has 0 aromatic rings. The molecule has 0 heterocycles. The van der Waals surface area contributed by atoms with Gasteiger partial charge in [-0.1, -0.05) is 0 Å². The van der Waals surface area contributed by atoms with E-state index in [9.17, 15) is 13.9 Å². The largest absolute Gasteiger partial charge is 0.351 e. The first kappa shape index (κ1) is 13.0. The monoisotopic (exact) mass is 232 g/mol. The number of hydrogen-bond donors (Lipinski definition) is 4. The lowest BCUT2D eigenvalue weighted by Gasteiger charge is -2.27. The fraction of sp³-hybridized carbons (Fsp3) is 0.750. The molecule has 7 nitrogen and oxygen atoms in total. The van der Waals surface area contributed by atoms with Gasteiger partial charge in [-0.25, -0.2) is 0 Å². The number of ketones is 1. The zero-order valence-electron chi connectivity index (χ0n) is 6.91. The van der Waals surface area contributed by atoms with Crippen molar-refractivity contribution in [3.05, 3.63) is 0 Å². The molecule has 0 aromatic heterocycles. The van der Waals surface area contributed by atoms with Crippen LogP contribution < -0.4 is 0 Å². The minimum Gasteiger partial charge on any atom is -0.323 e. The molecule has 0 radical (unpaired) electrons. The molecule has 78 valence electrons. The highest BCUT2D eigenvalue weighted by atomic mass is 31.2. The molecule has 0 spiro atoms. The summed E-state index contributed by atoms with van der Waals surface area (Å²) in [5.41, 5.74) is 0. The van der Waals surface area contributed by atoms with E-state index in [0.717, 1.165) is 6.92 Å². The van der Waals surface area contributed by atoms with E-state index in [-0.39, 0.29) is 0 Å². The summed E-state index contributed by atoms with van der Waals surface area (Å²) in [5.74, 6) is -1.24. The molecular formula is C4H10O7P2. The van der Waals surface area contributed by atoms with Crippen molar-refractivity contribution < 1.29 is 33.5 Å². The van der Waals surface area contributed by atoms with Crippen LogP contribution in [0.25, 0.3) is 0 Å². The Labute approximate surface area is 74.1 Å². The summed E-state index contributed by atoms with van der Waals surface area (Å²) in [6, 6.07) is 0. The fourth-order valence-corrected chi connectivity index (χ4v) is 2.76. The van der Waals surface area contributed by atoms with Crippen molar-refractivity contribution in [1.82, 2.24) is 0 Å². The molecule has 0 saturated carbocycles. The predicted octanol–water partition coefficient (Wildman–Crippen LogP) is -0.353. The van der Waals surface area contributed by atoms with Gasteiger partial charge in [0.15, 0.2) is 5.78 Å². The minimum atomic E-state index is -5.18. The third-order valence-corrected chi connectivity index (χ3v) is 6.26. The number of hydrogen-bond acceptors (Lipinski definition) is 3. The maximum Gasteiger partial charge on any atom is 0.351 e. The second-order valence-corrected chi connectivity index (χ2v) is 6.98. The Hall–Kier alpha value is -0.0300. The van der Waals surface area contributed by atoms with Gasteiger partial charge in [0.1, 0.15) is 0 Å². The van der Waals surface area contributed by atoms with Gasteiger partial charge in [-0.05, 0) is 13.8 Å². The summed E-state index contributed by atoms with van der Waals surface area (Å²) in [4.78, 5) is 42.4. The molecule has 0 amide bonds. The minimum absolute atomic E-state index is 0.552. The summed E-state index contributed by atoms with van der Waals surface area (Å²) < 4.78 is 21.4. The van der Waals surface area contributed by atoms with Crippen molar-refractivity contribution in [3.63, 3.8) is 0 Å². The van der Waals surface area contributed by atoms with E-state index in [1.807, 2.05) is 0 Å². The topological polar surface area (TPSA) is 132 Å². The van der Waals surface area contributed by atoms with E-state index in [1.54, 1.807) is 0 Å². The lowest BCUT2D eigenvalue weighted by molar-refractivity contribution is -0.117. The average Bonchev–Trinajstić information content (AvgIpc) is 1.80. The molecule has 0 bridgehead atoms. The third-order valence-electron chi connectivity index (χ3n) is 1.80. The van der Waals surface area contributed by atoms with Crippen molar-refractivity contribution in [2.24, 2.45) is 0 Å². The third kappa shape index (κ3) is 2.07. The van der Waals surface area contributed by atoms with E-state index in [1.165, 1.54) is 0 Å². The lowest BCUT2D eigenvalue weighted by Crippen LogP contribution is -2.33. The van der Waals surface area contributed by atoms with E-state index in [4.69, 9.17) is 19.6 Å². The maximum atomic E-state index is 10.8. The Kier molecular flexibility index (Phi) is 3.27. The van der Waals surface area contributed by atoms with Crippen molar-refractivity contribution in [2.45, 2.75) is 18.7 Å². The van der Waals surface area contributed by atoms with Crippen LogP contribution in [0.15, 0.2) is 0 Å². The van der Waals surface area contributed by atoms with Gasteiger partial charge in [0.2, 0.25) is 4.90 Å². The van der Waals surface area contributed by atoms with E-state index in [0.29, 0.717) is 6.92 Å². The van der Waals surface area contributed by atoms with E-state index >= 15 is 0 Å². The highest BCUT2D eigenvalue weighted by Crippen LogP contribution is 2.68. The molecule has 0 atom stereocenters. The Bertz CT molecular complexity index is 286. The van der Waals surface area contributed by atoms with Crippen LogP contribution in [0.4, 0.5) is 0 Å². The predicted molar refractivity (Wildman–Crippen MR) is 43.2 cm³/mol. The van der Waals surface area contributed by atoms with Crippen LogP contribution in [0.1, 0.15) is 13.8 Å².